The number of oxime groups is 1. The minimum absolute atomic E-state index is 0.218. The molecule has 0 aromatic heterocycles. The first kappa shape index (κ1) is 14.2. The summed E-state index contributed by atoms with van der Waals surface area (Å²) in [4.78, 5) is 12.3. The third-order valence-electron chi connectivity index (χ3n) is 3.63. The fourth-order valence-electron chi connectivity index (χ4n) is 2.58. The highest BCUT2D eigenvalue weighted by Crippen LogP contribution is 2.46. The van der Waals surface area contributed by atoms with Crippen molar-refractivity contribution >= 4 is 17.4 Å². The minimum Gasteiger partial charge on any atom is -0.409 e. The van der Waals surface area contributed by atoms with Gasteiger partial charge in [0.25, 0.3) is 0 Å². The highest BCUT2D eigenvalue weighted by Gasteiger charge is 2.52. The number of amides is 1. The lowest BCUT2D eigenvalue weighted by Crippen LogP contribution is -2.54. The Bertz CT molecular complexity index is 569. The zero-order chi connectivity index (χ0) is 14.9. The van der Waals surface area contributed by atoms with Crippen LogP contribution in [0.4, 0.5) is 14.5 Å². The molecule has 20 heavy (non-hydrogen) atoms. The monoisotopic (exact) mass is 283 g/mol. The molecule has 1 saturated carbocycles. The summed E-state index contributed by atoms with van der Waals surface area (Å²) in [6.07, 6.45) is 0.789. The summed E-state index contributed by atoms with van der Waals surface area (Å²) in [6, 6.07) is 3.49. The van der Waals surface area contributed by atoms with Crippen LogP contribution < -0.4 is 11.1 Å². The van der Waals surface area contributed by atoms with Gasteiger partial charge in [-0.05, 0) is 30.9 Å². The molecule has 0 unspecified atom stereocenters. The highest BCUT2D eigenvalue weighted by molar-refractivity contribution is 6.12. The summed E-state index contributed by atoms with van der Waals surface area (Å²) in [5.41, 5.74) is 4.15. The maximum absolute atomic E-state index is 13.5. The number of hydrogen-bond acceptors (Lipinski definition) is 3. The van der Waals surface area contributed by atoms with Gasteiger partial charge in [0.1, 0.15) is 5.41 Å². The molecule has 5 nitrogen and oxygen atoms in total. The molecule has 1 fully saturated rings. The van der Waals surface area contributed by atoms with E-state index in [9.17, 15) is 13.6 Å². The van der Waals surface area contributed by atoms with Crippen LogP contribution in [-0.2, 0) is 4.79 Å². The van der Waals surface area contributed by atoms with Crippen molar-refractivity contribution in [2.75, 3.05) is 5.32 Å². The highest BCUT2D eigenvalue weighted by atomic mass is 19.2. The van der Waals surface area contributed by atoms with E-state index in [0.717, 1.165) is 6.07 Å². The van der Waals surface area contributed by atoms with Gasteiger partial charge in [0.15, 0.2) is 17.5 Å². The number of amidine groups is 1. The SMILES string of the molecule is CC1CC(C(=O)Nc2cccc(F)c2F)(/C(N)=N/O)C1. The van der Waals surface area contributed by atoms with Crippen molar-refractivity contribution in [3.63, 3.8) is 0 Å². The second-order valence-electron chi connectivity index (χ2n) is 5.14. The molecular formula is C13H15F2N3O2. The molecule has 0 radical (unpaired) electrons. The van der Waals surface area contributed by atoms with Crippen LogP contribution in [0.3, 0.4) is 0 Å². The second kappa shape index (κ2) is 5.07. The van der Waals surface area contributed by atoms with E-state index in [0.29, 0.717) is 12.8 Å². The summed E-state index contributed by atoms with van der Waals surface area (Å²) in [5, 5.41) is 14.0. The molecule has 4 N–H and O–H groups in total. The van der Waals surface area contributed by atoms with Gasteiger partial charge < -0.3 is 16.3 Å². The van der Waals surface area contributed by atoms with Gasteiger partial charge in [-0.2, -0.15) is 0 Å². The summed E-state index contributed by atoms with van der Waals surface area (Å²) in [7, 11) is 0. The molecule has 2 rings (SSSR count). The number of halogens is 2. The van der Waals surface area contributed by atoms with Crippen molar-refractivity contribution in [1.82, 2.24) is 0 Å². The van der Waals surface area contributed by atoms with Gasteiger partial charge in [-0.3, -0.25) is 4.79 Å². The van der Waals surface area contributed by atoms with Gasteiger partial charge >= 0.3 is 0 Å². The van der Waals surface area contributed by atoms with Crippen LogP contribution in [0.15, 0.2) is 23.4 Å². The number of nitrogens with one attached hydrogen (secondary N) is 1. The molecule has 1 aromatic rings. The second-order valence-corrected chi connectivity index (χ2v) is 5.14. The normalized spacial score (nSPS) is 25.9. The zero-order valence-corrected chi connectivity index (χ0v) is 10.9. The molecule has 0 heterocycles. The predicted molar refractivity (Wildman–Crippen MR) is 69.2 cm³/mol. The molecule has 0 atom stereocenters. The van der Waals surface area contributed by atoms with Crippen LogP contribution in [0.25, 0.3) is 0 Å². The predicted octanol–water partition coefficient (Wildman–Crippen LogP) is 2.07. The molecule has 7 heteroatoms. The first-order valence-electron chi connectivity index (χ1n) is 6.14. The third-order valence-corrected chi connectivity index (χ3v) is 3.63. The van der Waals surface area contributed by atoms with Crippen molar-refractivity contribution in [3.8, 4) is 0 Å². The lowest BCUT2D eigenvalue weighted by molar-refractivity contribution is -0.127. The molecule has 1 aliphatic rings. The molecule has 0 aliphatic heterocycles. The fraction of sp³-hybridized carbons (Fsp3) is 0.385. The third kappa shape index (κ3) is 2.19. The minimum atomic E-state index is -1.16. The van der Waals surface area contributed by atoms with Crippen molar-refractivity contribution in [2.45, 2.75) is 19.8 Å². The maximum Gasteiger partial charge on any atom is 0.238 e. The number of benzene rings is 1. The molecule has 1 amide bonds. The molecule has 1 aromatic carbocycles. The Balaban J connectivity index is 2.25. The van der Waals surface area contributed by atoms with E-state index in [1.165, 1.54) is 12.1 Å². The summed E-state index contributed by atoms with van der Waals surface area (Å²) in [6.45, 7) is 1.92. The lowest BCUT2D eigenvalue weighted by atomic mass is 9.61. The van der Waals surface area contributed by atoms with Crippen LogP contribution in [0.1, 0.15) is 19.8 Å². The van der Waals surface area contributed by atoms with Gasteiger partial charge in [-0.25, -0.2) is 8.78 Å². The van der Waals surface area contributed by atoms with E-state index < -0.39 is 23.0 Å². The van der Waals surface area contributed by atoms with Crippen molar-refractivity contribution in [1.29, 1.82) is 0 Å². The van der Waals surface area contributed by atoms with Gasteiger partial charge in [-0.1, -0.05) is 18.1 Å². The molecule has 1 aliphatic carbocycles. The summed E-state index contributed by atoms with van der Waals surface area (Å²) >= 11 is 0. The Hall–Kier alpha value is -2.18. The van der Waals surface area contributed by atoms with E-state index in [-0.39, 0.29) is 17.4 Å². The maximum atomic E-state index is 13.5. The smallest absolute Gasteiger partial charge is 0.238 e. The molecule has 0 bridgehead atoms. The number of rotatable bonds is 3. The van der Waals surface area contributed by atoms with E-state index in [1.54, 1.807) is 0 Å². The first-order valence-corrected chi connectivity index (χ1v) is 6.14. The van der Waals surface area contributed by atoms with Gasteiger partial charge in [-0.15, -0.1) is 0 Å². The van der Waals surface area contributed by atoms with Crippen molar-refractivity contribution < 1.29 is 18.8 Å². The van der Waals surface area contributed by atoms with Gasteiger partial charge in [0, 0.05) is 0 Å². The Morgan fingerprint density at radius 3 is 2.70 bits per heavy atom. The van der Waals surface area contributed by atoms with E-state index in [1.807, 2.05) is 6.92 Å². The van der Waals surface area contributed by atoms with Crippen molar-refractivity contribution in [2.24, 2.45) is 22.2 Å². The van der Waals surface area contributed by atoms with E-state index in [2.05, 4.69) is 10.5 Å². The number of hydrogen-bond donors (Lipinski definition) is 3. The van der Waals surface area contributed by atoms with Crippen LogP contribution in [-0.4, -0.2) is 17.0 Å². The number of carbonyl (C=O) groups is 1. The Morgan fingerprint density at radius 2 is 2.15 bits per heavy atom. The molecular weight excluding hydrogens is 268 g/mol. The fourth-order valence-corrected chi connectivity index (χ4v) is 2.58. The van der Waals surface area contributed by atoms with Crippen molar-refractivity contribution in [3.05, 3.63) is 29.8 Å². The Morgan fingerprint density at radius 1 is 1.50 bits per heavy atom. The van der Waals surface area contributed by atoms with E-state index in [4.69, 9.17) is 10.9 Å². The number of nitrogens with zero attached hydrogens (tertiary/aromatic N) is 1. The standard InChI is InChI=1S/C13H15F2N3O2/c1-7-5-13(6-7,11(16)18-20)12(19)17-9-4-2-3-8(14)10(9)15/h2-4,7,20H,5-6H2,1H3,(H2,16,18)(H,17,19). The number of carbonyl (C=O) groups excluding carboxylic acids is 1. The summed E-state index contributed by atoms with van der Waals surface area (Å²) in [5.74, 6) is -2.77. The Kier molecular flexibility index (Phi) is 3.61. The zero-order valence-electron chi connectivity index (χ0n) is 10.9. The lowest BCUT2D eigenvalue weighted by Gasteiger charge is -2.43. The average Bonchev–Trinajstić information content (AvgIpc) is 2.39. The number of anilines is 1. The van der Waals surface area contributed by atoms with E-state index >= 15 is 0 Å². The Labute approximate surface area is 114 Å². The van der Waals surface area contributed by atoms with Crippen LogP contribution in [0.5, 0.6) is 0 Å². The van der Waals surface area contributed by atoms with Crippen LogP contribution in [0.2, 0.25) is 0 Å². The van der Waals surface area contributed by atoms with Crippen LogP contribution >= 0.6 is 0 Å². The summed E-state index contributed by atoms with van der Waals surface area (Å²) < 4.78 is 26.6. The van der Waals surface area contributed by atoms with Gasteiger partial charge in [0.05, 0.1) is 5.69 Å². The first-order chi connectivity index (χ1) is 9.40. The average molecular weight is 283 g/mol. The molecule has 0 spiro atoms. The quantitative estimate of drug-likeness (QED) is 0.343. The molecule has 0 saturated heterocycles. The van der Waals surface area contributed by atoms with Crippen LogP contribution in [0, 0.1) is 23.0 Å². The number of nitrogens with two attached hydrogens (primary N) is 1. The largest absolute Gasteiger partial charge is 0.409 e. The van der Waals surface area contributed by atoms with Gasteiger partial charge in [0.2, 0.25) is 5.91 Å². The molecule has 108 valence electrons. The topological polar surface area (TPSA) is 87.7 Å².